The first-order chi connectivity index (χ1) is 7.74. The van der Waals surface area contributed by atoms with E-state index in [9.17, 15) is 4.39 Å². The maximum absolute atomic E-state index is 12.8. The third kappa shape index (κ3) is 1.50. The van der Waals surface area contributed by atoms with E-state index in [1.165, 1.54) is 17.0 Å². The van der Waals surface area contributed by atoms with Crippen molar-refractivity contribution in [2.75, 3.05) is 5.73 Å². The molecule has 1 unspecified atom stereocenters. The van der Waals surface area contributed by atoms with Crippen LogP contribution in [0, 0.1) is 5.82 Å². The SMILES string of the molecule is Nc1nc2c(s1)C(c1ccc(F)cc1)CC2. The molecule has 2 nitrogen and oxygen atoms in total. The van der Waals surface area contributed by atoms with E-state index in [1.807, 2.05) is 12.1 Å². The zero-order valence-electron chi connectivity index (χ0n) is 8.61. The highest BCUT2D eigenvalue weighted by Crippen LogP contribution is 2.42. The molecule has 1 aliphatic rings. The van der Waals surface area contributed by atoms with Crippen molar-refractivity contribution in [1.82, 2.24) is 4.98 Å². The van der Waals surface area contributed by atoms with Gasteiger partial charge in [0.25, 0.3) is 0 Å². The van der Waals surface area contributed by atoms with Gasteiger partial charge in [-0.3, -0.25) is 0 Å². The van der Waals surface area contributed by atoms with Crippen molar-refractivity contribution in [1.29, 1.82) is 0 Å². The number of halogens is 1. The number of nitrogen functional groups attached to an aromatic ring is 1. The lowest BCUT2D eigenvalue weighted by Crippen LogP contribution is -1.94. The number of thiazole rings is 1. The van der Waals surface area contributed by atoms with Crippen LogP contribution in [0.3, 0.4) is 0 Å². The summed E-state index contributed by atoms with van der Waals surface area (Å²) in [4.78, 5) is 5.56. The van der Waals surface area contributed by atoms with Gasteiger partial charge in [0.15, 0.2) is 5.13 Å². The van der Waals surface area contributed by atoms with Gasteiger partial charge < -0.3 is 5.73 Å². The Morgan fingerprint density at radius 3 is 2.81 bits per heavy atom. The van der Waals surface area contributed by atoms with Gasteiger partial charge in [-0.25, -0.2) is 9.37 Å². The van der Waals surface area contributed by atoms with E-state index in [0.717, 1.165) is 24.1 Å². The van der Waals surface area contributed by atoms with Gasteiger partial charge in [0.05, 0.1) is 5.69 Å². The number of fused-ring (bicyclic) bond motifs is 1. The molecule has 2 aromatic rings. The molecule has 1 aromatic heterocycles. The lowest BCUT2D eigenvalue weighted by Gasteiger charge is -2.09. The number of aryl methyl sites for hydroxylation is 1. The summed E-state index contributed by atoms with van der Waals surface area (Å²) < 4.78 is 12.8. The number of hydrogen-bond donors (Lipinski definition) is 1. The number of aromatic nitrogens is 1. The van der Waals surface area contributed by atoms with Crippen LogP contribution < -0.4 is 5.73 Å². The Hall–Kier alpha value is -1.42. The van der Waals surface area contributed by atoms with Crippen molar-refractivity contribution in [2.45, 2.75) is 18.8 Å². The van der Waals surface area contributed by atoms with Gasteiger partial charge in [0.1, 0.15) is 5.82 Å². The van der Waals surface area contributed by atoms with Gasteiger partial charge in [-0.15, -0.1) is 11.3 Å². The van der Waals surface area contributed by atoms with Gasteiger partial charge in [0, 0.05) is 10.8 Å². The molecule has 0 saturated heterocycles. The minimum Gasteiger partial charge on any atom is -0.375 e. The van der Waals surface area contributed by atoms with Crippen LogP contribution in [0.2, 0.25) is 0 Å². The fourth-order valence-corrected chi connectivity index (χ4v) is 3.30. The van der Waals surface area contributed by atoms with E-state index in [2.05, 4.69) is 4.98 Å². The van der Waals surface area contributed by atoms with Crippen molar-refractivity contribution in [3.63, 3.8) is 0 Å². The van der Waals surface area contributed by atoms with Crippen molar-refractivity contribution in [3.05, 3.63) is 46.2 Å². The Morgan fingerprint density at radius 2 is 2.06 bits per heavy atom. The van der Waals surface area contributed by atoms with Crippen LogP contribution in [-0.4, -0.2) is 4.98 Å². The fourth-order valence-electron chi connectivity index (χ4n) is 2.26. The summed E-state index contributed by atoms with van der Waals surface area (Å²) in [6.45, 7) is 0. The Morgan fingerprint density at radius 1 is 1.31 bits per heavy atom. The molecule has 0 aliphatic heterocycles. The van der Waals surface area contributed by atoms with Crippen LogP contribution in [0.1, 0.15) is 28.5 Å². The maximum Gasteiger partial charge on any atom is 0.180 e. The number of anilines is 1. The first kappa shape index (κ1) is 9.78. The van der Waals surface area contributed by atoms with Crippen LogP contribution in [-0.2, 0) is 6.42 Å². The second-order valence-corrected chi connectivity index (χ2v) is 5.07. The molecule has 2 N–H and O–H groups in total. The number of nitrogens with two attached hydrogens (primary N) is 1. The van der Waals surface area contributed by atoms with E-state index in [0.29, 0.717) is 11.0 Å². The van der Waals surface area contributed by atoms with E-state index in [1.54, 1.807) is 11.3 Å². The number of benzene rings is 1. The zero-order chi connectivity index (χ0) is 11.1. The van der Waals surface area contributed by atoms with Gasteiger partial charge in [-0.1, -0.05) is 12.1 Å². The van der Waals surface area contributed by atoms with Crippen molar-refractivity contribution in [3.8, 4) is 0 Å². The summed E-state index contributed by atoms with van der Waals surface area (Å²) in [5.74, 6) is 0.163. The van der Waals surface area contributed by atoms with Crippen LogP contribution in [0.25, 0.3) is 0 Å². The fraction of sp³-hybridized carbons (Fsp3) is 0.250. The molecular weight excluding hydrogens is 223 g/mol. The third-order valence-electron chi connectivity index (χ3n) is 3.00. The maximum atomic E-state index is 12.8. The van der Waals surface area contributed by atoms with Crippen LogP contribution in [0.15, 0.2) is 24.3 Å². The Kier molecular flexibility index (Phi) is 2.17. The van der Waals surface area contributed by atoms with Crippen molar-refractivity contribution < 1.29 is 4.39 Å². The largest absolute Gasteiger partial charge is 0.375 e. The van der Waals surface area contributed by atoms with Gasteiger partial charge in [-0.05, 0) is 30.5 Å². The first-order valence-electron chi connectivity index (χ1n) is 5.24. The number of rotatable bonds is 1. The minimum absolute atomic E-state index is 0.189. The molecule has 4 heteroatoms. The zero-order valence-corrected chi connectivity index (χ0v) is 9.43. The van der Waals surface area contributed by atoms with E-state index < -0.39 is 0 Å². The average molecular weight is 234 g/mol. The van der Waals surface area contributed by atoms with Crippen LogP contribution in [0.4, 0.5) is 9.52 Å². The van der Waals surface area contributed by atoms with Gasteiger partial charge >= 0.3 is 0 Å². The van der Waals surface area contributed by atoms with Crippen molar-refractivity contribution >= 4 is 16.5 Å². The number of hydrogen-bond acceptors (Lipinski definition) is 3. The predicted molar refractivity (Wildman–Crippen MR) is 63.1 cm³/mol. The summed E-state index contributed by atoms with van der Waals surface area (Å²) in [5, 5.41) is 0.636. The highest BCUT2D eigenvalue weighted by molar-refractivity contribution is 7.15. The summed E-state index contributed by atoms with van der Waals surface area (Å²) >= 11 is 1.56. The van der Waals surface area contributed by atoms with Gasteiger partial charge in [-0.2, -0.15) is 0 Å². The highest BCUT2D eigenvalue weighted by atomic mass is 32.1. The quantitative estimate of drug-likeness (QED) is 0.824. The Balaban J connectivity index is 2.00. The lowest BCUT2D eigenvalue weighted by atomic mass is 9.98. The highest BCUT2D eigenvalue weighted by Gasteiger charge is 2.27. The molecule has 1 heterocycles. The van der Waals surface area contributed by atoms with E-state index in [4.69, 9.17) is 5.73 Å². The molecule has 1 aromatic carbocycles. The molecule has 1 aliphatic carbocycles. The monoisotopic (exact) mass is 234 g/mol. The first-order valence-corrected chi connectivity index (χ1v) is 6.06. The molecule has 0 amide bonds. The molecule has 16 heavy (non-hydrogen) atoms. The Labute approximate surface area is 96.9 Å². The predicted octanol–water partition coefficient (Wildman–Crippen LogP) is 2.94. The van der Waals surface area contributed by atoms with E-state index in [-0.39, 0.29) is 5.82 Å². The summed E-state index contributed by atoms with van der Waals surface area (Å²) in [5.41, 5.74) is 7.98. The average Bonchev–Trinajstić information content (AvgIpc) is 2.78. The third-order valence-corrected chi connectivity index (χ3v) is 4.04. The second-order valence-electron chi connectivity index (χ2n) is 4.01. The Bertz CT molecular complexity index is 518. The molecule has 0 spiro atoms. The molecule has 0 bridgehead atoms. The lowest BCUT2D eigenvalue weighted by molar-refractivity contribution is 0.626. The topological polar surface area (TPSA) is 38.9 Å². The van der Waals surface area contributed by atoms with Crippen LogP contribution in [0.5, 0.6) is 0 Å². The summed E-state index contributed by atoms with van der Waals surface area (Å²) in [6.07, 6.45) is 2.03. The smallest absolute Gasteiger partial charge is 0.180 e. The molecule has 82 valence electrons. The van der Waals surface area contributed by atoms with Gasteiger partial charge in [0.2, 0.25) is 0 Å². The minimum atomic E-state index is -0.189. The molecule has 0 saturated carbocycles. The standard InChI is InChI=1S/C12H11FN2S/c13-8-3-1-7(2-4-8)9-5-6-10-11(9)16-12(14)15-10/h1-4,9H,5-6H2,(H2,14,15). The normalized spacial score (nSPS) is 18.7. The molecule has 0 radical (unpaired) electrons. The molecular formula is C12H11FN2S. The van der Waals surface area contributed by atoms with Crippen molar-refractivity contribution in [2.24, 2.45) is 0 Å². The second kappa shape index (κ2) is 3.56. The van der Waals surface area contributed by atoms with Crippen LogP contribution >= 0.6 is 11.3 Å². The molecule has 0 fully saturated rings. The molecule has 3 rings (SSSR count). The summed E-state index contributed by atoms with van der Waals surface area (Å²) in [6, 6.07) is 6.73. The van der Waals surface area contributed by atoms with E-state index >= 15 is 0 Å². The number of nitrogens with zero attached hydrogens (tertiary/aromatic N) is 1. The summed E-state index contributed by atoms with van der Waals surface area (Å²) in [7, 11) is 0. The molecule has 1 atom stereocenters.